The number of pyridine rings is 2. The third kappa shape index (κ3) is 7.53. The fourth-order valence-corrected chi connectivity index (χ4v) is 10.1. The van der Waals surface area contributed by atoms with E-state index in [1.807, 2.05) is 91.3 Å². The third-order valence-corrected chi connectivity index (χ3v) is 13.6. The monoisotopic (exact) mass is 932 g/mol. The van der Waals surface area contributed by atoms with Gasteiger partial charge in [-0.2, -0.15) is 0 Å². The predicted molar refractivity (Wildman–Crippen MR) is 296 cm³/mol. The molecule has 0 N–H and O–H groups in total. The standard InChI is InChI=1S/C65H40N8/c1-4-18-41(19-5-1)57-37-59(48-32-43-22-10-16-30-55(43)66-39-48)70-63(68-57)45-34-46(64-69-58(42-20-6-2-7-21-42)38-60(71-64)49-33-44-23-11-17-31-56(44)67-40-49)36-47(35-45)65-72-61-53-28-14-12-26-51(53)52-27-13-15-29-54(52)62(61)73(65)50-24-8-3-9-25-50/h1-40H. The number of nitrogens with zero attached hydrogens (tertiary/aromatic N) is 8. The van der Waals surface area contributed by atoms with Crippen LogP contribution in [-0.4, -0.2) is 39.5 Å². The van der Waals surface area contributed by atoms with Gasteiger partial charge < -0.3 is 0 Å². The highest BCUT2D eigenvalue weighted by atomic mass is 15.1. The van der Waals surface area contributed by atoms with Gasteiger partial charge in [0, 0.05) is 78.6 Å². The molecule has 0 saturated carbocycles. The second-order valence-electron chi connectivity index (χ2n) is 18.2. The number of benzene rings is 9. The highest BCUT2D eigenvalue weighted by Gasteiger charge is 2.23. The molecule has 8 heteroatoms. The molecule has 8 nitrogen and oxygen atoms in total. The largest absolute Gasteiger partial charge is 0.292 e. The van der Waals surface area contributed by atoms with Crippen molar-refractivity contribution in [2.45, 2.75) is 0 Å². The van der Waals surface area contributed by atoms with Gasteiger partial charge in [0.15, 0.2) is 11.6 Å². The van der Waals surface area contributed by atoms with E-state index in [0.717, 1.165) is 128 Å². The molecule has 0 aliphatic heterocycles. The van der Waals surface area contributed by atoms with Crippen LogP contribution >= 0.6 is 0 Å². The van der Waals surface area contributed by atoms with Gasteiger partial charge in [0.05, 0.1) is 44.8 Å². The van der Waals surface area contributed by atoms with Gasteiger partial charge in [0.2, 0.25) is 0 Å². The molecule has 0 bridgehead atoms. The summed E-state index contributed by atoms with van der Waals surface area (Å²) in [5, 5.41) is 6.54. The Morgan fingerprint density at radius 2 is 0.699 bits per heavy atom. The zero-order chi connectivity index (χ0) is 48.2. The lowest BCUT2D eigenvalue weighted by molar-refractivity contribution is 1.10. The number of aromatic nitrogens is 8. The maximum atomic E-state index is 5.69. The molecule has 9 aromatic carbocycles. The Morgan fingerprint density at radius 3 is 1.23 bits per heavy atom. The lowest BCUT2D eigenvalue weighted by Gasteiger charge is -2.15. The minimum Gasteiger partial charge on any atom is -0.292 e. The van der Waals surface area contributed by atoms with Crippen molar-refractivity contribution < 1.29 is 0 Å². The fourth-order valence-electron chi connectivity index (χ4n) is 10.1. The maximum Gasteiger partial charge on any atom is 0.160 e. The van der Waals surface area contributed by atoms with Crippen molar-refractivity contribution in [1.82, 2.24) is 39.5 Å². The first kappa shape index (κ1) is 41.9. The van der Waals surface area contributed by atoms with E-state index in [1.165, 1.54) is 0 Å². The first-order valence-electron chi connectivity index (χ1n) is 24.3. The smallest absolute Gasteiger partial charge is 0.160 e. The van der Waals surface area contributed by atoms with Crippen LogP contribution in [0.5, 0.6) is 0 Å². The van der Waals surface area contributed by atoms with E-state index in [-0.39, 0.29) is 0 Å². The van der Waals surface area contributed by atoms with E-state index in [4.69, 9.17) is 34.9 Å². The van der Waals surface area contributed by atoms with Crippen molar-refractivity contribution in [3.8, 4) is 84.9 Å². The van der Waals surface area contributed by atoms with Crippen molar-refractivity contribution in [3.63, 3.8) is 0 Å². The summed E-state index contributed by atoms with van der Waals surface area (Å²) in [4.78, 5) is 37.0. The molecule has 0 amide bonds. The van der Waals surface area contributed by atoms with Gasteiger partial charge in [-0.25, -0.2) is 24.9 Å². The van der Waals surface area contributed by atoms with E-state index in [0.29, 0.717) is 11.6 Å². The van der Waals surface area contributed by atoms with E-state index in [2.05, 4.69) is 156 Å². The molecule has 0 saturated heterocycles. The molecular weight excluding hydrogens is 893 g/mol. The van der Waals surface area contributed by atoms with Crippen molar-refractivity contribution in [1.29, 1.82) is 0 Å². The van der Waals surface area contributed by atoms with E-state index < -0.39 is 0 Å². The van der Waals surface area contributed by atoms with Crippen LogP contribution in [0.2, 0.25) is 0 Å². The number of imidazole rings is 1. The second-order valence-corrected chi connectivity index (χ2v) is 18.2. The Bertz CT molecular complexity index is 4250. The normalized spacial score (nSPS) is 11.6. The summed E-state index contributed by atoms with van der Waals surface area (Å²) < 4.78 is 2.30. The molecule has 14 aromatic rings. The average Bonchev–Trinajstić information content (AvgIpc) is 3.89. The number of fused-ring (bicyclic) bond motifs is 8. The van der Waals surface area contributed by atoms with Crippen molar-refractivity contribution in [2.24, 2.45) is 0 Å². The molecule has 0 fully saturated rings. The molecule has 5 aromatic heterocycles. The fraction of sp³-hybridized carbons (Fsp3) is 0. The molecule has 0 aliphatic carbocycles. The average molecular weight is 933 g/mol. The SMILES string of the molecule is c1ccc(-c2cc(-c3cnc4ccccc4c3)nc(-c3cc(-c4nc(-c5ccccc5)cc(-c5cnc6ccccc6c5)n4)cc(-c4nc5c6ccccc6c6ccccc6c5n4-c4ccccc4)c3)n2)cc1. The Balaban J connectivity index is 1.08. The molecule has 0 aliphatic rings. The van der Waals surface area contributed by atoms with E-state index in [1.54, 1.807) is 0 Å². The summed E-state index contributed by atoms with van der Waals surface area (Å²) in [5.74, 6) is 1.82. The van der Waals surface area contributed by atoms with Crippen LogP contribution in [0.15, 0.2) is 243 Å². The van der Waals surface area contributed by atoms with Crippen molar-refractivity contribution in [2.75, 3.05) is 0 Å². The van der Waals surface area contributed by atoms with Crippen LogP contribution in [0.4, 0.5) is 0 Å². The first-order valence-corrected chi connectivity index (χ1v) is 24.3. The summed E-state index contributed by atoms with van der Waals surface area (Å²) >= 11 is 0. The lowest BCUT2D eigenvalue weighted by Crippen LogP contribution is -2.01. The minimum absolute atomic E-state index is 0.532. The number of hydrogen-bond acceptors (Lipinski definition) is 7. The predicted octanol–water partition coefficient (Wildman–Crippen LogP) is 15.7. The number of hydrogen-bond donors (Lipinski definition) is 0. The molecule has 0 spiro atoms. The quantitative estimate of drug-likeness (QED) is 0.140. The summed E-state index contributed by atoms with van der Waals surface area (Å²) in [6.45, 7) is 0. The van der Waals surface area contributed by atoms with Crippen LogP contribution in [0.25, 0.3) is 139 Å². The summed E-state index contributed by atoms with van der Waals surface area (Å²) in [7, 11) is 0. The van der Waals surface area contributed by atoms with Gasteiger partial charge in [0.25, 0.3) is 0 Å². The molecule has 73 heavy (non-hydrogen) atoms. The Morgan fingerprint density at radius 1 is 0.288 bits per heavy atom. The van der Waals surface area contributed by atoms with E-state index in [9.17, 15) is 0 Å². The number of rotatable bonds is 8. The van der Waals surface area contributed by atoms with Gasteiger partial charge in [-0.1, -0.05) is 164 Å². The maximum absolute atomic E-state index is 5.69. The third-order valence-electron chi connectivity index (χ3n) is 13.6. The Kier molecular flexibility index (Phi) is 9.99. The molecule has 0 unspecified atom stereocenters. The minimum atomic E-state index is 0.532. The van der Waals surface area contributed by atoms with Gasteiger partial charge >= 0.3 is 0 Å². The van der Waals surface area contributed by atoms with Crippen LogP contribution in [-0.2, 0) is 0 Å². The molecule has 0 atom stereocenters. The molecule has 340 valence electrons. The summed E-state index contributed by atoms with van der Waals surface area (Å²) in [6, 6.07) is 79.3. The molecular formula is C65H40N8. The van der Waals surface area contributed by atoms with Gasteiger partial charge in [-0.3, -0.25) is 14.5 Å². The Hall–Kier alpha value is -10.1. The van der Waals surface area contributed by atoms with Crippen molar-refractivity contribution >= 4 is 54.4 Å². The zero-order valence-electron chi connectivity index (χ0n) is 39.2. The van der Waals surface area contributed by atoms with Crippen LogP contribution in [0.3, 0.4) is 0 Å². The molecule has 14 rings (SSSR count). The second kappa shape index (κ2) is 17.4. The topological polar surface area (TPSA) is 95.2 Å². The first-order chi connectivity index (χ1) is 36.1. The van der Waals surface area contributed by atoms with Gasteiger partial charge in [-0.05, 0) is 77.5 Å². The highest BCUT2D eigenvalue weighted by molar-refractivity contribution is 6.24. The van der Waals surface area contributed by atoms with Gasteiger partial charge in [-0.15, -0.1) is 0 Å². The Labute approximate surface area is 419 Å². The van der Waals surface area contributed by atoms with E-state index >= 15 is 0 Å². The zero-order valence-corrected chi connectivity index (χ0v) is 39.2. The lowest BCUT2D eigenvalue weighted by atomic mass is 10.00. The van der Waals surface area contributed by atoms with Crippen LogP contribution in [0, 0.1) is 0 Å². The van der Waals surface area contributed by atoms with Crippen molar-refractivity contribution in [3.05, 3.63) is 243 Å². The highest BCUT2D eigenvalue weighted by Crippen LogP contribution is 2.42. The van der Waals surface area contributed by atoms with Crippen LogP contribution < -0.4 is 0 Å². The van der Waals surface area contributed by atoms with Gasteiger partial charge in [0.1, 0.15) is 5.82 Å². The number of para-hydroxylation sites is 3. The molecule has 0 radical (unpaired) electrons. The van der Waals surface area contributed by atoms with Crippen LogP contribution in [0.1, 0.15) is 0 Å². The summed E-state index contributed by atoms with van der Waals surface area (Å²) in [5.41, 5.74) is 13.9. The molecule has 5 heterocycles. The summed E-state index contributed by atoms with van der Waals surface area (Å²) in [6.07, 6.45) is 3.79.